The number of fused-ring (bicyclic) bond motifs is 12. The van der Waals surface area contributed by atoms with Gasteiger partial charge in [-0.15, -0.1) is 11.3 Å². The summed E-state index contributed by atoms with van der Waals surface area (Å²) in [5, 5.41) is 4.73. The zero-order valence-electron chi connectivity index (χ0n) is 36.2. The van der Waals surface area contributed by atoms with Gasteiger partial charge in [0.25, 0.3) is 0 Å². The lowest BCUT2D eigenvalue weighted by Gasteiger charge is -2.35. The fourth-order valence-corrected chi connectivity index (χ4v) is 13.2. The third-order valence-corrected chi connectivity index (χ3v) is 16.0. The molecule has 0 amide bonds. The molecule has 0 radical (unpaired) electrons. The number of para-hydroxylation sites is 1. The molecule has 0 saturated carbocycles. The number of furan rings is 1. The molecule has 0 fully saturated rings. The third kappa shape index (κ3) is 4.95. The Kier molecular flexibility index (Phi) is 7.94. The van der Waals surface area contributed by atoms with Gasteiger partial charge >= 0.3 is 0 Å². The maximum Gasteiger partial charge on any atom is 0.141 e. The maximum absolute atomic E-state index is 7.23. The molecule has 0 unspecified atom stereocenters. The van der Waals surface area contributed by atoms with Crippen molar-refractivity contribution < 1.29 is 4.42 Å². The van der Waals surface area contributed by atoms with Crippen molar-refractivity contribution >= 4 is 70.5 Å². The van der Waals surface area contributed by atoms with E-state index in [2.05, 4.69) is 242 Å². The molecule has 3 heteroatoms. The Hall–Kier alpha value is -7.98. The van der Waals surface area contributed by atoms with Crippen molar-refractivity contribution in [2.24, 2.45) is 0 Å². The molecule has 310 valence electrons. The minimum Gasteiger partial charge on any atom is -0.456 e. The second-order valence-electron chi connectivity index (χ2n) is 18.0. The van der Waals surface area contributed by atoms with Gasteiger partial charge in [0.2, 0.25) is 0 Å². The maximum atomic E-state index is 7.23. The number of rotatable bonds is 6. The Morgan fingerprint density at radius 2 is 0.970 bits per heavy atom. The van der Waals surface area contributed by atoms with Crippen LogP contribution < -0.4 is 4.90 Å². The number of benzene rings is 10. The molecule has 2 aliphatic rings. The van der Waals surface area contributed by atoms with Gasteiger partial charge in [0.1, 0.15) is 11.2 Å². The number of thiophene rings is 1. The van der Waals surface area contributed by atoms with Crippen LogP contribution in [0.25, 0.3) is 64.4 Å². The highest BCUT2D eigenvalue weighted by atomic mass is 32.1. The summed E-state index contributed by atoms with van der Waals surface area (Å²) in [7, 11) is 0. The first-order chi connectivity index (χ1) is 32.6. The minimum absolute atomic E-state index is 0.460. The van der Waals surface area contributed by atoms with E-state index < -0.39 is 10.8 Å². The number of nitrogens with zero attached hydrogens (tertiary/aromatic N) is 1. The molecular weight excluding hydrogens is 819 g/mol. The molecule has 2 aliphatic carbocycles. The summed E-state index contributed by atoms with van der Waals surface area (Å²) in [5.41, 5.74) is 18.0. The van der Waals surface area contributed by atoms with Gasteiger partial charge in [-0.2, -0.15) is 0 Å². The summed E-state index contributed by atoms with van der Waals surface area (Å²) in [4.78, 5) is 2.54. The Labute approximate surface area is 387 Å². The van der Waals surface area contributed by atoms with Crippen LogP contribution in [0.1, 0.15) is 45.9 Å². The molecule has 12 aromatic rings. The van der Waals surface area contributed by atoms with Gasteiger partial charge in [-0.05, 0) is 99.0 Å². The van der Waals surface area contributed by atoms with Crippen LogP contribution in [0.15, 0.2) is 235 Å². The highest BCUT2D eigenvalue weighted by molar-refractivity contribution is 7.26. The lowest BCUT2D eigenvalue weighted by Crippen LogP contribution is -2.28. The fraction of sp³-hybridized carbons (Fsp3) is 0.0476. The minimum atomic E-state index is -0.556. The molecule has 0 atom stereocenters. The van der Waals surface area contributed by atoms with E-state index in [-0.39, 0.29) is 0 Å². The summed E-state index contributed by atoms with van der Waals surface area (Å²) < 4.78 is 9.75. The standard InChI is InChI=1S/C63H41NOS/c1-62(50-29-13-8-23-43(50)44-24-9-14-30-51(44)62)53-37-38-55(59-49-27-11-16-33-57(49)65-60(53)59)64(56-32-18-28-48-47-26-12-17-34-58(47)66-61(48)56)42-35-36-46-45-25-10-15-31-52(45)63(54(46)39-42,40-19-4-2-5-20-40)41-21-6-3-7-22-41/h2-39H,1H3. The van der Waals surface area contributed by atoms with Crippen molar-refractivity contribution in [2.45, 2.75) is 17.8 Å². The summed E-state index contributed by atoms with van der Waals surface area (Å²) in [6.45, 7) is 2.39. The molecule has 0 spiro atoms. The van der Waals surface area contributed by atoms with Crippen LogP contribution >= 0.6 is 11.3 Å². The van der Waals surface area contributed by atoms with Crippen LogP contribution in [0, 0.1) is 0 Å². The number of hydrogen-bond acceptors (Lipinski definition) is 3. The Balaban J connectivity index is 1.10. The van der Waals surface area contributed by atoms with Crippen LogP contribution in [0.3, 0.4) is 0 Å². The van der Waals surface area contributed by atoms with E-state index in [1.807, 2.05) is 11.3 Å². The third-order valence-electron chi connectivity index (χ3n) is 14.8. The van der Waals surface area contributed by atoms with Crippen molar-refractivity contribution in [2.75, 3.05) is 4.90 Å². The van der Waals surface area contributed by atoms with E-state index >= 15 is 0 Å². The zero-order valence-corrected chi connectivity index (χ0v) is 37.0. The van der Waals surface area contributed by atoms with Crippen LogP contribution in [-0.2, 0) is 10.8 Å². The van der Waals surface area contributed by atoms with Gasteiger partial charge in [0, 0.05) is 37.5 Å². The van der Waals surface area contributed by atoms with Crippen molar-refractivity contribution in [3.63, 3.8) is 0 Å². The number of hydrogen-bond donors (Lipinski definition) is 0. The molecular formula is C63H41NOS. The van der Waals surface area contributed by atoms with E-state index in [1.165, 1.54) is 75.8 Å². The van der Waals surface area contributed by atoms with E-state index in [4.69, 9.17) is 4.42 Å². The van der Waals surface area contributed by atoms with E-state index in [9.17, 15) is 0 Å². The van der Waals surface area contributed by atoms with Gasteiger partial charge in [0.05, 0.1) is 26.9 Å². The quantitative estimate of drug-likeness (QED) is 0.166. The largest absolute Gasteiger partial charge is 0.456 e. The molecule has 66 heavy (non-hydrogen) atoms. The van der Waals surface area contributed by atoms with E-state index in [0.717, 1.165) is 44.6 Å². The topological polar surface area (TPSA) is 16.4 Å². The van der Waals surface area contributed by atoms with Crippen molar-refractivity contribution in [3.8, 4) is 22.3 Å². The van der Waals surface area contributed by atoms with Gasteiger partial charge < -0.3 is 9.32 Å². The average Bonchev–Trinajstić information content (AvgIpc) is 4.12. The van der Waals surface area contributed by atoms with Crippen LogP contribution in [-0.4, -0.2) is 0 Å². The zero-order chi connectivity index (χ0) is 43.6. The second kappa shape index (κ2) is 14.0. The predicted molar refractivity (Wildman–Crippen MR) is 276 cm³/mol. The first-order valence-electron chi connectivity index (χ1n) is 22.8. The molecule has 2 heterocycles. The average molecular weight is 860 g/mol. The van der Waals surface area contributed by atoms with Gasteiger partial charge in [-0.3, -0.25) is 0 Å². The summed E-state index contributed by atoms with van der Waals surface area (Å²) in [6, 6.07) is 85.3. The Bertz CT molecular complexity index is 3830. The molecule has 0 aliphatic heterocycles. The normalized spacial score (nSPS) is 14.1. The second-order valence-corrected chi connectivity index (χ2v) is 19.0. The molecule has 0 saturated heterocycles. The summed E-state index contributed by atoms with van der Waals surface area (Å²) in [5.74, 6) is 0. The van der Waals surface area contributed by atoms with Crippen LogP contribution in [0.5, 0.6) is 0 Å². The first kappa shape index (κ1) is 37.4. The van der Waals surface area contributed by atoms with Gasteiger partial charge in [0.15, 0.2) is 0 Å². The fourth-order valence-electron chi connectivity index (χ4n) is 12.0. The van der Waals surface area contributed by atoms with Gasteiger partial charge in [-0.25, -0.2) is 0 Å². The van der Waals surface area contributed by atoms with Crippen molar-refractivity contribution in [1.82, 2.24) is 0 Å². The molecule has 10 aromatic carbocycles. The summed E-state index contributed by atoms with van der Waals surface area (Å²) in [6.07, 6.45) is 0. The van der Waals surface area contributed by atoms with Gasteiger partial charge in [-0.1, -0.05) is 194 Å². The Morgan fingerprint density at radius 1 is 0.409 bits per heavy atom. The monoisotopic (exact) mass is 859 g/mol. The highest BCUT2D eigenvalue weighted by Gasteiger charge is 2.47. The smallest absolute Gasteiger partial charge is 0.141 e. The lowest BCUT2D eigenvalue weighted by atomic mass is 9.67. The molecule has 14 rings (SSSR count). The SMILES string of the molecule is CC1(c2ccc(N(c3ccc4c(c3)C(c3ccccc3)(c3ccccc3)c3ccccc3-4)c3cccc4c3sc3ccccc34)c3c2oc2ccccc23)c2ccccc2-c2ccccc21. The molecule has 0 N–H and O–H groups in total. The lowest BCUT2D eigenvalue weighted by molar-refractivity contribution is 0.638. The predicted octanol–water partition coefficient (Wildman–Crippen LogP) is 17.1. The summed E-state index contributed by atoms with van der Waals surface area (Å²) >= 11 is 1.87. The van der Waals surface area contributed by atoms with Crippen molar-refractivity contribution in [3.05, 3.63) is 269 Å². The molecule has 0 bridgehead atoms. The van der Waals surface area contributed by atoms with E-state index in [1.54, 1.807) is 0 Å². The number of anilines is 3. The van der Waals surface area contributed by atoms with Crippen LogP contribution in [0.4, 0.5) is 17.1 Å². The first-order valence-corrected chi connectivity index (χ1v) is 23.7. The molecule has 2 aromatic heterocycles. The highest BCUT2D eigenvalue weighted by Crippen LogP contribution is 2.59. The van der Waals surface area contributed by atoms with E-state index in [0.29, 0.717) is 0 Å². The Morgan fingerprint density at radius 3 is 1.68 bits per heavy atom. The van der Waals surface area contributed by atoms with Crippen molar-refractivity contribution in [1.29, 1.82) is 0 Å². The molecule has 2 nitrogen and oxygen atoms in total. The van der Waals surface area contributed by atoms with Crippen LogP contribution in [0.2, 0.25) is 0 Å².